The topological polar surface area (TPSA) is 0 Å². The molecule has 0 saturated heterocycles. The highest BCUT2D eigenvalue weighted by Crippen LogP contribution is 2.02. The first-order valence-electron chi connectivity index (χ1n) is 4.53. The molecule has 64 valence electrons. The molecule has 0 aliphatic rings. The Morgan fingerprint density at radius 2 is 1.91 bits per heavy atom. The second kappa shape index (κ2) is 7.59. The van der Waals surface area contributed by atoms with Gasteiger partial charge in [-0.15, -0.1) is 6.58 Å². The SMILES string of the molecule is C=CCCCC=CCC(C)C. The smallest absolute Gasteiger partial charge is 0.0327 e. The molecule has 0 aromatic rings. The van der Waals surface area contributed by atoms with Crippen LogP contribution in [0.15, 0.2) is 24.8 Å². The van der Waals surface area contributed by atoms with Crippen molar-refractivity contribution in [1.29, 1.82) is 0 Å². The van der Waals surface area contributed by atoms with Gasteiger partial charge in [0.1, 0.15) is 0 Å². The summed E-state index contributed by atoms with van der Waals surface area (Å²) in [4.78, 5) is 0. The van der Waals surface area contributed by atoms with E-state index in [0.29, 0.717) is 0 Å². The van der Waals surface area contributed by atoms with E-state index in [-0.39, 0.29) is 0 Å². The van der Waals surface area contributed by atoms with Crippen molar-refractivity contribution >= 4 is 0 Å². The van der Waals surface area contributed by atoms with Gasteiger partial charge < -0.3 is 0 Å². The molecule has 0 aromatic carbocycles. The van der Waals surface area contributed by atoms with E-state index in [1.54, 1.807) is 0 Å². The summed E-state index contributed by atoms with van der Waals surface area (Å²) in [5.74, 6) is 0.797. The Hall–Kier alpha value is -0.520. The molecule has 0 heterocycles. The first kappa shape index (κ1) is 10.5. The molecule has 0 aliphatic heterocycles. The van der Waals surface area contributed by atoms with Gasteiger partial charge in [-0.2, -0.15) is 0 Å². The molecule has 0 N–H and O–H groups in total. The van der Waals surface area contributed by atoms with E-state index >= 15 is 0 Å². The van der Waals surface area contributed by atoms with Crippen molar-refractivity contribution in [3.05, 3.63) is 24.8 Å². The molecule has 0 radical (unpaired) electrons. The summed E-state index contributed by atoms with van der Waals surface area (Å²) in [6, 6.07) is 0. The molecular formula is C11H20. The zero-order chi connectivity index (χ0) is 8.53. The zero-order valence-electron chi connectivity index (χ0n) is 7.84. The van der Waals surface area contributed by atoms with Crippen LogP contribution in [0.5, 0.6) is 0 Å². The van der Waals surface area contributed by atoms with E-state index < -0.39 is 0 Å². The monoisotopic (exact) mass is 152 g/mol. The van der Waals surface area contributed by atoms with E-state index in [2.05, 4.69) is 32.6 Å². The van der Waals surface area contributed by atoms with E-state index in [9.17, 15) is 0 Å². The van der Waals surface area contributed by atoms with Gasteiger partial charge in [0.25, 0.3) is 0 Å². The van der Waals surface area contributed by atoms with Crippen molar-refractivity contribution in [3.8, 4) is 0 Å². The van der Waals surface area contributed by atoms with Gasteiger partial charge in [-0.1, -0.05) is 32.1 Å². The third-order valence-electron chi connectivity index (χ3n) is 1.55. The van der Waals surface area contributed by atoms with Crippen molar-refractivity contribution < 1.29 is 0 Å². The summed E-state index contributed by atoms with van der Waals surface area (Å²) in [7, 11) is 0. The van der Waals surface area contributed by atoms with Gasteiger partial charge >= 0.3 is 0 Å². The number of hydrogen-bond donors (Lipinski definition) is 0. The van der Waals surface area contributed by atoms with Gasteiger partial charge in [0.05, 0.1) is 0 Å². The predicted octanol–water partition coefficient (Wildman–Crippen LogP) is 3.95. The van der Waals surface area contributed by atoms with E-state index in [1.807, 2.05) is 6.08 Å². The van der Waals surface area contributed by atoms with E-state index in [4.69, 9.17) is 0 Å². The Morgan fingerprint density at radius 1 is 1.18 bits per heavy atom. The highest BCUT2D eigenvalue weighted by atomic mass is 13.9. The predicted molar refractivity (Wildman–Crippen MR) is 52.6 cm³/mol. The molecule has 0 saturated carbocycles. The van der Waals surface area contributed by atoms with Crippen molar-refractivity contribution in [1.82, 2.24) is 0 Å². The molecule has 0 heteroatoms. The van der Waals surface area contributed by atoms with Crippen LogP contribution in [0.2, 0.25) is 0 Å². The largest absolute Gasteiger partial charge is 0.103 e. The third kappa shape index (κ3) is 9.48. The molecule has 0 aliphatic carbocycles. The fraction of sp³-hybridized carbons (Fsp3) is 0.636. The van der Waals surface area contributed by atoms with Gasteiger partial charge in [-0.25, -0.2) is 0 Å². The van der Waals surface area contributed by atoms with Gasteiger partial charge in [0.15, 0.2) is 0 Å². The minimum atomic E-state index is 0.797. The van der Waals surface area contributed by atoms with Gasteiger partial charge in [0.2, 0.25) is 0 Å². The standard InChI is InChI=1S/C11H20/c1-4-5-6-7-8-9-10-11(2)3/h4,8-9,11H,1,5-7,10H2,2-3H3. The fourth-order valence-electron chi connectivity index (χ4n) is 0.866. The van der Waals surface area contributed by atoms with Crippen LogP contribution >= 0.6 is 0 Å². The van der Waals surface area contributed by atoms with Crippen LogP contribution in [0, 0.1) is 5.92 Å². The van der Waals surface area contributed by atoms with Gasteiger partial charge in [-0.3, -0.25) is 0 Å². The summed E-state index contributed by atoms with van der Waals surface area (Å²) in [5, 5.41) is 0. The van der Waals surface area contributed by atoms with Crippen molar-refractivity contribution in [2.75, 3.05) is 0 Å². The molecule has 0 unspecified atom stereocenters. The quantitative estimate of drug-likeness (QED) is 0.399. The number of allylic oxidation sites excluding steroid dienone is 3. The average molecular weight is 152 g/mol. The lowest BCUT2D eigenvalue weighted by molar-refractivity contribution is 0.661. The molecule has 0 bridgehead atoms. The maximum Gasteiger partial charge on any atom is -0.0327 e. The van der Waals surface area contributed by atoms with Crippen LogP contribution in [0.4, 0.5) is 0 Å². The molecular weight excluding hydrogens is 132 g/mol. The van der Waals surface area contributed by atoms with Crippen molar-refractivity contribution in [2.24, 2.45) is 5.92 Å². The lowest BCUT2D eigenvalue weighted by Gasteiger charge is -1.96. The lowest BCUT2D eigenvalue weighted by Crippen LogP contribution is -1.80. The lowest BCUT2D eigenvalue weighted by atomic mass is 10.1. The summed E-state index contributed by atoms with van der Waals surface area (Å²) in [6.45, 7) is 8.17. The Kier molecular flexibility index (Phi) is 7.23. The Bertz CT molecular complexity index is 109. The van der Waals surface area contributed by atoms with Crippen LogP contribution in [0.3, 0.4) is 0 Å². The van der Waals surface area contributed by atoms with Crippen LogP contribution in [0.1, 0.15) is 39.5 Å². The van der Waals surface area contributed by atoms with E-state index in [0.717, 1.165) is 12.3 Å². The first-order valence-corrected chi connectivity index (χ1v) is 4.53. The highest BCUT2D eigenvalue weighted by molar-refractivity contribution is 4.83. The molecule has 0 amide bonds. The van der Waals surface area contributed by atoms with E-state index in [1.165, 1.54) is 19.3 Å². The van der Waals surface area contributed by atoms with Crippen LogP contribution in [-0.4, -0.2) is 0 Å². The first-order chi connectivity index (χ1) is 5.27. The van der Waals surface area contributed by atoms with Gasteiger partial charge in [-0.05, 0) is 31.6 Å². The molecule has 0 rings (SSSR count). The van der Waals surface area contributed by atoms with Crippen molar-refractivity contribution in [2.45, 2.75) is 39.5 Å². The summed E-state index contributed by atoms with van der Waals surface area (Å²) in [6.07, 6.45) is 11.4. The minimum Gasteiger partial charge on any atom is -0.103 e. The van der Waals surface area contributed by atoms with Crippen LogP contribution < -0.4 is 0 Å². The van der Waals surface area contributed by atoms with Gasteiger partial charge in [0, 0.05) is 0 Å². The van der Waals surface area contributed by atoms with Crippen molar-refractivity contribution in [3.63, 3.8) is 0 Å². The molecule has 0 aromatic heterocycles. The highest BCUT2D eigenvalue weighted by Gasteiger charge is 1.86. The molecule has 0 atom stereocenters. The Morgan fingerprint density at radius 3 is 2.45 bits per heavy atom. The second-order valence-electron chi connectivity index (χ2n) is 3.32. The number of rotatable bonds is 6. The second-order valence-corrected chi connectivity index (χ2v) is 3.32. The Balaban J connectivity index is 3.09. The zero-order valence-corrected chi connectivity index (χ0v) is 7.84. The molecule has 0 nitrogen and oxygen atoms in total. The van der Waals surface area contributed by atoms with Crippen LogP contribution in [-0.2, 0) is 0 Å². The summed E-state index contributed by atoms with van der Waals surface area (Å²) < 4.78 is 0. The number of unbranched alkanes of at least 4 members (excludes halogenated alkanes) is 2. The molecule has 0 fully saturated rings. The normalized spacial score (nSPS) is 11.2. The number of hydrogen-bond acceptors (Lipinski definition) is 0. The summed E-state index contributed by atoms with van der Waals surface area (Å²) in [5.41, 5.74) is 0. The fourth-order valence-corrected chi connectivity index (χ4v) is 0.866. The maximum absolute atomic E-state index is 3.68. The Labute approximate surface area is 71.0 Å². The average Bonchev–Trinajstić information content (AvgIpc) is 1.96. The summed E-state index contributed by atoms with van der Waals surface area (Å²) >= 11 is 0. The molecule has 0 spiro atoms. The minimum absolute atomic E-state index is 0.797. The van der Waals surface area contributed by atoms with Crippen LogP contribution in [0.25, 0.3) is 0 Å². The molecule has 11 heavy (non-hydrogen) atoms. The third-order valence-corrected chi connectivity index (χ3v) is 1.55. The maximum atomic E-state index is 3.68.